The number of ether oxygens (including phenoxy) is 2. The minimum absolute atomic E-state index is 0.0784. The molecule has 0 spiro atoms. The topological polar surface area (TPSA) is 131 Å². The number of methoxy groups -OCH3 is 1. The highest BCUT2D eigenvalue weighted by Crippen LogP contribution is 2.50. The maximum absolute atomic E-state index is 14.2. The number of aryl methyl sites for hydroxylation is 1. The monoisotopic (exact) mass is 646 g/mol. The fourth-order valence-corrected chi connectivity index (χ4v) is 7.94. The molecule has 3 aromatic rings. The second kappa shape index (κ2) is 12.7. The van der Waals surface area contributed by atoms with Crippen molar-refractivity contribution in [2.24, 2.45) is 17.3 Å². The largest absolute Gasteiger partial charge is 0.496 e. The van der Waals surface area contributed by atoms with Crippen molar-refractivity contribution in [2.75, 3.05) is 20.7 Å². The molecule has 1 aliphatic heterocycles. The highest BCUT2D eigenvalue weighted by atomic mass is 32.1. The number of hydrogen-bond donors (Lipinski definition) is 2. The molecule has 2 N–H and O–H groups in total. The molecule has 2 fully saturated rings. The maximum atomic E-state index is 14.2. The van der Waals surface area contributed by atoms with Crippen molar-refractivity contribution in [2.45, 2.75) is 77.4 Å². The van der Waals surface area contributed by atoms with Gasteiger partial charge in [-0.3, -0.25) is 14.4 Å². The van der Waals surface area contributed by atoms with Gasteiger partial charge in [0.25, 0.3) is 0 Å². The summed E-state index contributed by atoms with van der Waals surface area (Å²) in [5.74, 6) is -1.69. The average Bonchev–Trinajstić information content (AvgIpc) is 3.43. The Morgan fingerprint density at radius 1 is 1.17 bits per heavy atom. The quantitative estimate of drug-likeness (QED) is 0.257. The van der Waals surface area contributed by atoms with Crippen LogP contribution in [0.3, 0.4) is 0 Å². The van der Waals surface area contributed by atoms with E-state index in [4.69, 9.17) is 19.4 Å². The minimum Gasteiger partial charge on any atom is -0.496 e. The van der Waals surface area contributed by atoms with Crippen LogP contribution in [0.4, 0.5) is 0 Å². The van der Waals surface area contributed by atoms with Crippen LogP contribution >= 0.6 is 11.3 Å². The zero-order valence-corrected chi connectivity index (χ0v) is 27.9. The molecule has 3 aliphatic rings. The summed E-state index contributed by atoms with van der Waals surface area (Å²) >= 11 is 1.50. The molecule has 0 saturated heterocycles. The molecule has 11 heteroatoms. The number of fused-ring (bicyclic) bond motifs is 3. The number of thiazole rings is 1. The first-order chi connectivity index (χ1) is 22.0. The molecule has 2 aliphatic carbocycles. The third-order valence-corrected chi connectivity index (χ3v) is 10.7. The Balaban J connectivity index is 1.40. The van der Waals surface area contributed by atoms with Crippen LogP contribution in [-0.2, 0) is 14.4 Å². The predicted octanol–water partition coefficient (Wildman–Crippen LogP) is 5.73. The van der Waals surface area contributed by atoms with Gasteiger partial charge in [0.2, 0.25) is 11.8 Å². The number of amides is 2. The second-order valence-electron chi connectivity index (χ2n) is 13.1. The molecule has 3 heterocycles. The highest BCUT2D eigenvalue weighted by molar-refractivity contribution is 7.13. The van der Waals surface area contributed by atoms with Crippen molar-refractivity contribution in [3.63, 3.8) is 0 Å². The number of carbonyl (C=O) groups excluding carboxylic acids is 2. The summed E-state index contributed by atoms with van der Waals surface area (Å²) in [4.78, 5) is 52.5. The summed E-state index contributed by atoms with van der Waals surface area (Å²) in [5, 5.41) is 17.2. The predicted molar refractivity (Wildman–Crippen MR) is 176 cm³/mol. The first-order valence-corrected chi connectivity index (χ1v) is 17.0. The van der Waals surface area contributed by atoms with Crippen LogP contribution in [0.15, 0.2) is 35.7 Å². The van der Waals surface area contributed by atoms with E-state index in [1.54, 1.807) is 19.1 Å². The Morgan fingerprint density at radius 2 is 1.98 bits per heavy atom. The molecule has 2 saturated carbocycles. The number of carboxylic acids is 1. The fourth-order valence-electron chi connectivity index (χ4n) is 7.00. The molecule has 6 rings (SSSR count). The van der Waals surface area contributed by atoms with Crippen molar-refractivity contribution < 1.29 is 29.0 Å². The molecule has 0 radical (unpaired) electrons. The van der Waals surface area contributed by atoms with E-state index < -0.39 is 35.2 Å². The summed E-state index contributed by atoms with van der Waals surface area (Å²) in [7, 11) is 3.28. The van der Waals surface area contributed by atoms with Gasteiger partial charge < -0.3 is 24.8 Å². The molecule has 0 bridgehead atoms. The molecule has 1 aromatic carbocycles. The normalized spacial score (nSPS) is 26.8. The first-order valence-electron chi connectivity index (χ1n) is 16.1. The number of pyridine rings is 1. The highest BCUT2D eigenvalue weighted by Gasteiger charge is 2.64. The molecule has 2 amide bonds. The first kappa shape index (κ1) is 32.0. The number of hydrogen-bond acceptors (Lipinski definition) is 8. The number of aliphatic carboxylic acids is 1. The number of nitrogens with one attached hydrogen (secondary N) is 1. The molecule has 10 nitrogen and oxygen atoms in total. The lowest BCUT2D eigenvalue weighted by Crippen LogP contribution is -2.54. The van der Waals surface area contributed by atoms with Gasteiger partial charge in [-0.25, -0.2) is 9.97 Å². The number of carbonyl (C=O) groups is 3. The molecular weight excluding hydrogens is 604 g/mol. The molecule has 5 atom stereocenters. The van der Waals surface area contributed by atoms with Gasteiger partial charge in [-0.2, -0.15) is 0 Å². The summed E-state index contributed by atoms with van der Waals surface area (Å²) in [6.45, 7) is 6.53. The van der Waals surface area contributed by atoms with Crippen molar-refractivity contribution in [3.05, 3.63) is 47.0 Å². The Labute approximate surface area is 273 Å². The summed E-state index contributed by atoms with van der Waals surface area (Å²) < 4.78 is 12.3. The van der Waals surface area contributed by atoms with Crippen LogP contribution in [0.5, 0.6) is 11.5 Å². The lowest BCUT2D eigenvalue weighted by Gasteiger charge is -2.33. The van der Waals surface area contributed by atoms with Crippen molar-refractivity contribution in [1.29, 1.82) is 0 Å². The number of rotatable bonds is 6. The second-order valence-corrected chi connectivity index (χ2v) is 14.0. The molecule has 244 valence electrons. The summed E-state index contributed by atoms with van der Waals surface area (Å²) in [6.07, 6.45) is 6.91. The van der Waals surface area contributed by atoms with E-state index >= 15 is 0 Å². The smallest absolute Gasteiger partial charge is 0.320 e. The van der Waals surface area contributed by atoms with Gasteiger partial charge >= 0.3 is 5.97 Å². The lowest BCUT2D eigenvalue weighted by molar-refractivity contribution is -0.166. The maximum Gasteiger partial charge on any atom is 0.320 e. The van der Waals surface area contributed by atoms with Crippen LogP contribution in [0.2, 0.25) is 0 Å². The van der Waals surface area contributed by atoms with Gasteiger partial charge in [0, 0.05) is 48.5 Å². The van der Waals surface area contributed by atoms with Crippen molar-refractivity contribution >= 4 is 40.0 Å². The van der Waals surface area contributed by atoms with E-state index in [0.29, 0.717) is 29.3 Å². The summed E-state index contributed by atoms with van der Waals surface area (Å²) in [5.41, 5.74) is 1.16. The molecule has 46 heavy (non-hydrogen) atoms. The van der Waals surface area contributed by atoms with Gasteiger partial charge in [0.05, 0.1) is 24.2 Å². The van der Waals surface area contributed by atoms with Gasteiger partial charge in [0.1, 0.15) is 28.3 Å². The van der Waals surface area contributed by atoms with E-state index in [1.807, 2.05) is 30.5 Å². The number of allylic oxidation sites excluding steroid dienone is 1. The van der Waals surface area contributed by atoms with Crippen LogP contribution in [-0.4, -0.2) is 70.6 Å². The third kappa shape index (κ3) is 5.74. The Morgan fingerprint density at radius 3 is 2.70 bits per heavy atom. The number of aromatic nitrogens is 2. The standard InChI is InChI=1S/C35H42N4O6S/c1-19(2)26-18-46-32(38-26)25-16-29(23-11-12-28(44-5)20(3)30(23)37-25)45-22-15-24-31(40)36-13-9-7-6-8-10-21-14-27(21)39(4)33(41)35(24,17-22)34(42)43/h8,10-12,16,18-19,21-22,24,27H,6-7,9,13-15,17H2,1-5H3,(H,36,40)(H,42,43). The number of benzene rings is 1. The number of nitrogens with zero attached hydrogens (tertiary/aromatic N) is 3. The SMILES string of the molecule is COc1ccc2c(OC3CC4C(=O)NCCCCC=CC5CC5N(C)C(=O)C4(C(=O)O)C3)cc(-c3nc(C(C)C)cs3)nc2c1C. The molecule has 2 aromatic heterocycles. The van der Waals surface area contributed by atoms with Crippen molar-refractivity contribution in [3.8, 4) is 22.2 Å². The molecule has 5 unspecified atom stereocenters. The van der Waals surface area contributed by atoms with Gasteiger partial charge in [0.15, 0.2) is 5.41 Å². The third-order valence-electron chi connectivity index (χ3n) is 9.82. The van der Waals surface area contributed by atoms with E-state index in [2.05, 4.69) is 31.3 Å². The Kier molecular flexibility index (Phi) is 8.80. The molecular formula is C35H42N4O6S. The van der Waals surface area contributed by atoms with Gasteiger partial charge in [-0.15, -0.1) is 11.3 Å². The van der Waals surface area contributed by atoms with Gasteiger partial charge in [-0.05, 0) is 63.0 Å². The minimum atomic E-state index is -1.95. The Bertz CT molecular complexity index is 1700. The van der Waals surface area contributed by atoms with Crippen LogP contribution in [0.25, 0.3) is 21.6 Å². The zero-order valence-electron chi connectivity index (χ0n) is 27.0. The average molecular weight is 647 g/mol. The Hall–Kier alpha value is -3.99. The van der Waals surface area contributed by atoms with Crippen LogP contribution in [0, 0.1) is 24.2 Å². The van der Waals surface area contributed by atoms with E-state index in [-0.39, 0.29) is 30.7 Å². The van der Waals surface area contributed by atoms with Crippen LogP contribution in [0.1, 0.15) is 69.5 Å². The number of carboxylic acid groups (broad SMARTS) is 1. The van der Waals surface area contributed by atoms with E-state index in [1.165, 1.54) is 11.3 Å². The zero-order chi connectivity index (χ0) is 32.7. The van der Waals surface area contributed by atoms with E-state index in [0.717, 1.165) is 47.3 Å². The van der Waals surface area contributed by atoms with E-state index in [9.17, 15) is 19.5 Å². The van der Waals surface area contributed by atoms with Crippen molar-refractivity contribution in [1.82, 2.24) is 20.2 Å². The summed E-state index contributed by atoms with van der Waals surface area (Å²) in [6, 6.07) is 5.48. The fraction of sp³-hybridized carbons (Fsp3) is 0.514. The van der Waals surface area contributed by atoms with Crippen LogP contribution < -0.4 is 14.8 Å². The van der Waals surface area contributed by atoms with Gasteiger partial charge in [-0.1, -0.05) is 26.0 Å². The lowest BCUT2D eigenvalue weighted by atomic mass is 9.75.